The summed E-state index contributed by atoms with van der Waals surface area (Å²) in [5.74, 6) is -0.252. The normalized spacial score (nSPS) is 23.9. The topological polar surface area (TPSA) is 49.6 Å². The van der Waals surface area contributed by atoms with Crippen LogP contribution in [0.4, 0.5) is 5.69 Å². The number of fused-ring (bicyclic) bond motifs is 3. The van der Waals surface area contributed by atoms with Crippen molar-refractivity contribution in [3.05, 3.63) is 112 Å². The van der Waals surface area contributed by atoms with Gasteiger partial charge < -0.3 is 0 Å². The summed E-state index contributed by atoms with van der Waals surface area (Å²) in [5, 5.41) is 16.5. The van der Waals surface area contributed by atoms with Crippen LogP contribution in [-0.2, 0) is 6.42 Å². The van der Waals surface area contributed by atoms with Gasteiger partial charge >= 0.3 is 6.17 Å². The van der Waals surface area contributed by atoms with Crippen LogP contribution in [0.5, 0.6) is 0 Å². The van der Waals surface area contributed by atoms with E-state index in [0.29, 0.717) is 0 Å². The Morgan fingerprint density at radius 1 is 0.857 bits per heavy atom. The number of nitrogens with zero attached hydrogens (tertiary/aromatic N) is 3. The highest BCUT2D eigenvalue weighted by molar-refractivity contribution is 5.51. The van der Waals surface area contributed by atoms with Gasteiger partial charge in [0.2, 0.25) is 0 Å². The minimum absolute atomic E-state index is 0.0528. The largest absolute Gasteiger partial charge is 0.309 e. The summed E-state index contributed by atoms with van der Waals surface area (Å²) in [6.07, 6.45) is 0.0445. The van der Waals surface area contributed by atoms with E-state index in [1.807, 2.05) is 71.7 Å². The third-order valence-electron chi connectivity index (χ3n) is 5.91. The van der Waals surface area contributed by atoms with E-state index in [2.05, 4.69) is 23.2 Å². The fourth-order valence-electron chi connectivity index (χ4n) is 4.80. The van der Waals surface area contributed by atoms with Gasteiger partial charge in [0.05, 0.1) is 17.6 Å². The molecule has 3 aromatic rings. The number of rotatable bonds is 3. The van der Waals surface area contributed by atoms with E-state index in [4.69, 9.17) is 0 Å². The Hall–Kier alpha value is -3.18. The van der Waals surface area contributed by atoms with Gasteiger partial charge in [-0.25, -0.2) is 10.0 Å². The second-order valence-corrected chi connectivity index (χ2v) is 7.37. The molecule has 3 unspecified atom stereocenters. The standard InChI is InChI=1S/C23H21N3O2/c27-26(28)23-21(18-10-3-1-4-11-18)22-20-14-8-7-9-17(20)15-16-24(22)25(23)19-12-5-2-6-13-19/h1-14,21-23H,15-16H2. The zero-order valence-corrected chi connectivity index (χ0v) is 15.4. The SMILES string of the molecule is O=[N+]([O-])C1C(c2ccccc2)C2c3ccccc3CCN2N1c1ccccc1. The van der Waals surface area contributed by atoms with E-state index in [-0.39, 0.29) is 16.9 Å². The number of hydrogen-bond donors (Lipinski definition) is 0. The predicted molar refractivity (Wildman–Crippen MR) is 108 cm³/mol. The van der Waals surface area contributed by atoms with Gasteiger partial charge in [-0.1, -0.05) is 72.8 Å². The van der Waals surface area contributed by atoms with Crippen LogP contribution in [0.2, 0.25) is 0 Å². The van der Waals surface area contributed by atoms with Crippen molar-refractivity contribution in [2.24, 2.45) is 0 Å². The zero-order chi connectivity index (χ0) is 19.1. The molecule has 1 saturated heterocycles. The van der Waals surface area contributed by atoms with Crippen LogP contribution in [0.15, 0.2) is 84.9 Å². The lowest BCUT2D eigenvalue weighted by atomic mass is 9.82. The van der Waals surface area contributed by atoms with E-state index in [9.17, 15) is 10.1 Å². The summed E-state index contributed by atoms with van der Waals surface area (Å²) in [6.45, 7) is 0.768. The molecule has 0 aliphatic carbocycles. The van der Waals surface area contributed by atoms with Gasteiger partial charge in [0.1, 0.15) is 0 Å². The molecular weight excluding hydrogens is 350 g/mol. The van der Waals surface area contributed by atoms with Crippen LogP contribution >= 0.6 is 0 Å². The molecule has 0 saturated carbocycles. The van der Waals surface area contributed by atoms with E-state index < -0.39 is 6.17 Å². The van der Waals surface area contributed by atoms with Crippen LogP contribution in [-0.4, -0.2) is 22.6 Å². The minimum atomic E-state index is -0.846. The monoisotopic (exact) mass is 371 g/mol. The highest BCUT2D eigenvalue weighted by Gasteiger charge is 2.56. The Labute approximate surface area is 164 Å². The molecule has 0 amide bonds. The highest BCUT2D eigenvalue weighted by Crippen LogP contribution is 2.51. The van der Waals surface area contributed by atoms with Crippen molar-refractivity contribution in [1.82, 2.24) is 5.01 Å². The fourth-order valence-corrected chi connectivity index (χ4v) is 4.80. The third kappa shape index (κ3) is 2.59. The summed E-state index contributed by atoms with van der Waals surface area (Å²) >= 11 is 0. The summed E-state index contributed by atoms with van der Waals surface area (Å²) in [5.41, 5.74) is 4.37. The quantitative estimate of drug-likeness (QED) is 0.506. The smallest absolute Gasteiger partial charge is 0.262 e. The zero-order valence-electron chi connectivity index (χ0n) is 15.4. The number of benzene rings is 3. The molecule has 140 valence electrons. The van der Waals surface area contributed by atoms with Gasteiger partial charge in [-0.2, -0.15) is 0 Å². The van der Waals surface area contributed by atoms with Gasteiger partial charge in [0.25, 0.3) is 0 Å². The maximum absolute atomic E-state index is 12.4. The molecule has 0 aromatic heterocycles. The number of hydrazine groups is 1. The van der Waals surface area contributed by atoms with Crippen molar-refractivity contribution in [3.63, 3.8) is 0 Å². The van der Waals surface area contributed by atoms with E-state index >= 15 is 0 Å². The van der Waals surface area contributed by atoms with Crippen LogP contribution < -0.4 is 5.01 Å². The molecule has 5 heteroatoms. The summed E-state index contributed by atoms with van der Waals surface area (Å²) in [4.78, 5) is 12.2. The molecule has 3 aromatic carbocycles. The lowest BCUT2D eigenvalue weighted by Gasteiger charge is -2.37. The first-order valence-corrected chi connectivity index (χ1v) is 9.63. The molecule has 5 nitrogen and oxygen atoms in total. The molecule has 0 N–H and O–H groups in total. The molecular formula is C23H21N3O2. The Bertz CT molecular complexity index is 993. The molecule has 1 fully saturated rings. The van der Waals surface area contributed by atoms with Crippen LogP contribution in [0.1, 0.15) is 28.7 Å². The molecule has 2 aliphatic heterocycles. The van der Waals surface area contributed by atoms with Gasteiger partial charge in [-0.3, -0.25) is 10.1 Å². The Morgan fingerprint density at radius 3 is 2.21 bits per heavy atom. The van der Waals surface area contributed by atoms with Crippen LogP contribution in [0, 0.1) is 10.1 Å². The predicted octanol–water partition coefficient (Wildman–Crippen LogP) is 4.41. The maximum Gasteiger partial charge on any atom is 0.309 e. The van der Waals surface area contributed by atoms with Crippen molar-refractivity contribution in [1.29, 1.82) is 0 Å². The lowest BCUT2D eigenvalue weighted by Crippen LogP contribution is -2.47. The molecule has 2 aliphatic rings. The summed E-state index contributed by atoms with van der Waals surface area (Å²) < 4.78 is 0. The molecule has 3 atom stereocenters. The number of hydrogen-bond acceptors (Lipinski definition) is 4. The minimum Gasteiger partial charge on any atom is -0.262 e. The number of anilines is 1. The summed E-state index contributed by atoms with van der Waals surface area (Å²) in [6, 6.07) is 28.0. The Balaban J connectivity index is 1.72. The van der Waals surface area contributed by atoms with Gasteiger partial charge in [0.15, 0.2) is 0 Å². The first kappa shape index (κ1) is 17.0. The molecule has 0 bridgehead atoms. The molecule has 5 rings (SSSR count). The van der Waals surface area contributed by atoms with Crippen molar-refractivity contribution < 1.29 is 4.92 Å². The molecule has 2 heterocycles. The number of para-hydroxylation sites is 1. The van der Waals surface area contributed by atoms with Gasteiger partial charge in [0, 0.05) is 11.5 Å². The first-order valence-electron chi connectivity index (χ1n) is 9.63. The Morgan fingerprint density at radius 2 is 1.50 bits per heavy atom. The van der Waals surface area contributed by atoms with E-state index in [0.717, 1.165) is 24.2 Å². The van der Waals surface area contributed by atoms with Gasteiger partial charge in [-0.15, -0.1) is 0 Å². The van der Waals surface area contributed by atoms with Crippen molar-refractivity contribution in [2.75, 3.05) is 11.6 Å². The van der Waals surface area contributed by atoms with Crippen LogP contribution in [0.25, 0.3) is 0 Å². The fraction of sp³-hybridized carbons (Fsp3) is 0.217. The van der Waals surface area contributed by atoms with Crippen molar-refractivity contribution in [3.8, 4) is 0 Å². The highest BCUT2D eigenvalue weighted by atomic mass is 16.6. The Kier molecular flexibility index (Phi) is 4.10. The molecule has 0 radical (unpaired) electrons. The molecule has 0 spiro atoms. The maximum atomic E-state index is 12.4. The van der Waals surface area contributed by atoms with E-state index in [1.54, 1.807) is 0 Å². The summed E-state index contributed by atoms with van der Waals surface area (Å²) in [7, 11) is 0. The van der Waals surface area contributed by atoms with Crippen molar-refractivity contribution in [2.45, 2.75) is 24.5 Å². The average molecular weight is 371 g/mol. The second-order valence-electron chi connectivity index (χ2n) is 7.37. The van der Waals surface area contributed by atoms with Crippen LogP contribution in [0.3, 0.4) is 0 Å². The number of nitro groups is 1. The van der Waals surface area contributed by atoms with E-state index in [1.165, 1.54) is 11.1 Å². The van der Waals surface area contributed by atoms with Crippen molar-refractivity contribution >= 4 is 5.69 Å². The lowest BCUT2D eigenvalue weighted by molar-refractivity contribution is -0.524. The average Bonchev–Trinajstić information content (AvgIpc) is 3.11. The second kappa shape index (κ2) is 6.77. The van der Waals surface area contributed by atoms with Gasteiger partial charge in [-0.05, 0) is 35.2 Å². The first-order chi connectivity index (χ1) is 13.8. The molecule has 28 heavy (non-hydrogen) atoms. The third-order valence-corrected chi connectivity index (χ3v) is 5.91.